The quantitative estimate of drug-likeness (QED) is 0.510. The van der Waals surface area contributed by atoms with E-state index in [-0.39, 0.29) is 5.31 Å². The normalized spacial score (nSPS) is 13.8. The molecule has 0 N–H and O–H groups in total. The maximum absolute atomic E-state index is 2.51. The topological polar surface area (TPSA) is 0 Å². The van der Waals surface area contributed by atoms with Crippen molar-refractivity contribution in [2.24, 2.45) is 16.2 Å². The molecule has 0 unspecified atom stereocenters. The van der Waals surface area contributed by atoms with Crippen molar-refractivity contribution in [1.82, 2.24) is 0 Å². The van der Waals surface area contributed by atoms with Gasteiger partial charge >= 0.3 is 0 Å². The molecule has 0 aliphatic carbocycles. The van der Waals surface area contributed by atoms with Crippen LogP contribution in [0.4, 0.5) is 0 Å². The molecule has 0 aliphatic rings. The van der Waals surface area contributed by atoms with Crippen LogP contribution in [-0.2, 0) is 19.3 Å². The van der Waals surface area contributed by atoms with E-state index in [0.29, 0.717) is 16.2 Å². The Kier molecular flexibility index (Phi) is 6.93. The fourth-order valence-electron chi connectivity index (χ4n) is 3.62. The Morgan fingerprint density at radius 1 is 0.577 bits per heavy atom. The molecule has 1 aromatic carbocycles. The third kappa shape index (κ3) is 9.29. The SMILES string of the molecule is CC(C)(C)[B]c1c(CC(C)(C)C)cc(CC(C)(C)C)cc1CC(C)(C)C. The van der Waals surface area contributed by atoms with Crippen molar-refractivity contribution in [2.75, 3.05) is 0 Å². The molecule has 0 saturated carbocycles. The monoisotopic (exact) mass is 355 g/mol. The molecule has 26 heavy (non-hydrogen) atoms. The Morgan fingerprint density at radius 2 is 0.923 bits per heavy atom. The van der Waals surface area contributed by atoms with Gasteiger partial charge in [-0.05, 0) is 41.1 Å². The average Bonchev–Trinajstić information content (AvgIpc) is 2.25. The van der Waals surface area contributed by atoms with E-state index in [9.17, 15) is 0 Å². The van der Waals surface area contributed by atoms with Crippen LogP contribution in [-0.4, -0.2) is 7.28 Å². The molecule has 1 heteroatoms. The van der Waals surface area contributed by atoms with Gasteiger partial charge in [0.05, 0.1) is 0 Å². The summed E-state index contributed by atoms with van der Waals surface area (Å²) in [5.74, 6) is 0. The largest absolute Gasteiger partial charge is 0.158 e. The van der Waals surface area contributed by atoms with Crippen molar-refractivity contribution in [1.29, 1.82) is 0 Å². The summed E-state index contributed by atoms with van der Waals surface area (Å²) in [6.07, 6.45) is 3.39. The summed E-state index contributed by atoms with van der Waals surface area (Å²) in [7, 11) is 2.51. The lowest BCUT2D eigenvalue weighted by Gasteiger charge is -2.30. The van der Waals surface area contributed by atoms with Crippen molar-refractivity contribution in [3.05, 3.63) is 28.8 Å². The Labute approximate surface area is 165 Å². The number of benzene rings is 1. The van der Waals surface area contributed by atoms with Gasteiger partial charge in [-0.25, -0.2) is 0 Å². The Morgan fingerprint density at radius 3 is 1.19 bits per heavy atom. The molecule has 1 aromatic rings. The number of hydrogen-bond acceptors (Lipinski definition) is 0. The lowest BCUT2D eigenvalue weighted by atomic mass is 9.48. The molecule has 0 aliphatic heterocycles. The van der Waals surface area contributed by atoms with E-state index in [1.165, 1.54) is 22.2 Å². The van der Waals surface area contributed by atoms with Gasteiger partial charge < -0.3 is 0 Å². The smallest absolute Gasteiger partial charge is 0.0808 e. The molecular weight excluding hydrogens is 311 g/mol. The summed E-state index contributed by atoms with van der Waals surface area (Å²) in [5.41, 5.74) is 6.97. The van der Waals surface area contributed by atoms with E-state index < -0.39 is 0 Å². The molecule has 147 valence electrons. The van der Waals surface area contributed by atoms with Gasteiger partial charge in [-0.15, -0.1) is 0 Å². The van der Waals surface area contributed by atoms with Gasteiger partial charge in [-0.3, -0.25) is 0 Å². The highest BCUT2D eigenvalue weighted by Crippen LogP contribution is 2.30. The van der Waals surface area contributed by atoms with E-state index in [2.05, 4.69) is 102 Å². The van der Waals surface area contributed by atoms with E-state index in [4.69, 9.17) is 0 Å². The lowest BCUT2D eigenvalue weighted by Crippen LogP contribution is -2.34. The van der Waals surface area contributed by atoms with Gasteiger partial charge in [0.2, 0.25) is 0 Å². The minimum atomic E-state index is 0.185. The van der Waals surface area contributed by atoms with E-state index >= 15 is 0 Å². The molecule has 0 spiro atoms. The van der Waals surface area contributed by atoms with Gasteiger partial charge in [0.1, 0.15) is 0 Å². The molecule has 0 amide bonds. The van der Waals surface area contributed by atoms with Crippen LogP contribution in [0.25, 0.3) is 0 Å². The van der Waals surface area contributed by atoms with Crippen LogP contribution in [0.2, 0.25) is 5.31 Å². The average molecular weight is 355 g/mol. The zero-order valence-corrected chi connectivity index (χ0v) is 19.9. The predicted octanol–water partition coefficient (Wildman–Crippen LogP) is 7.00. The van der Waals surface area contributed by atoms with E-state index in [1.807, 2.05) is 0 Å². The first kappa shape index (κ1) is 23.3. The molecule has 0 fully saturated rings. The summed E-state index contributed by atoms with van der Waals surface area (Å²) < 4.78 is 0. The minimum absolute atomic E-state index is 0.185. The first-order chi connectivity index (χ1) is 11.3. The molecule has 0 aromatic heterocycles. The van der Waals surface area contributed by atoms with Gasteiger partial charge in [-0.1, -0.05) is 117 Å². The highest BCUT2D eigenvalue weighted by Gasteiger charge is 2.25. The van der Waals surface area contributed by atoms with Crippen LogP contribution >= 0.6 is 0 Å². The first-order valence-corrected chi connectivity index (χ1v) is 10.4. The van der Waals surface area contributed by atoms with Crippen molar-refractivity contribution in [3.63, 3.8) is 0 Å². The molecule has 1 radical (unpaired) electrons. The van der Waals surface area contributed by atoms with Crippen LogP contribution in [0.3, 0.4) is 0 Å². The van der Waals surface area contributed by atoms with Crippen LogP contribution in [0.5, 0.6) is 0 Å². The number of rotatable bonds is 4. The van der Waals surface area contributed by atoms with Crippen LogP contribution in [0.15, 0.2) is 12.1 Å². The first-order valence-electron chi connectivity index (χ1n) is 10.4. The molecular formula is C25H44B. The summed E-state index contributed by atoms with van der Waals surface area (Å²) >= 11 is 0. The number of hydrogen-bond donors (Lipinski definition) is 0. The summed E-state index contributed by atoms with van der Waals surface area (Å²) in [4.78, 5) is 0. The van der Waals surface area contributed by atoms with Crippen molar-refractivity contribution in [2.45, 2.75) is 108 Å². The van der Waals surface area contributed by atoms with Gasteiger partial charge in [-0.2, -0.15) is 0 Å². The minimum Gasteiger partial charge on any atom is -0.0808 e. The fraction of sp³-hybridized carbons (Fsp3) is 0.760. The Hall–Kier alpha value is -0.715. The van der Waals surface area contributed by atoms with Crippen molar-refractivity contribution in [3.8, 4) is 0 Å². The highest BCUT2D eigenvalue weighted by atomic mass is 14.3. The lowest BCUT2D eigenvalue weighted by molar-refractivity contribution is 0.401. The Balaban J connectivity index is 3.57. The van der Waals surface area contributed by atoms with Gasteiger partial charge in [0.25, 0.3) is 0 Å². The van der Waals surface area contributed by atoms with Gasteiger partial charge in [0.15, 0.2) is 7.28 Å². The summed E-state index contributed by atoms with van der Waals surface area (Å²) in [6, 6.07) is 5.00. The zero-order valence-electron chi connectivity index (χ0n) is 19.9. The maximum Gasteiger partial charge on any atom is 0.158 e. The molecule has 0 saturated heterocycles. The van der Waals surface area contributed by atoms with Gasteiger partial charge in [0, 0.05) is 0 Å². The maximum atomic E-state index is 2.51. The van der Waals surface area contributed by atoms with Crippen LogP contribution in [0.1, 0.15) is 99.8 Å². The second-order valence-corrected chi connectivity index (χ2v) is 13.1. The molecule has 0 nitrogen and oxygen atoms in total. The summed E-state index contributed by atoms with van der Waals surface area (Å²) in [5, 5.41) is 0.185. The van der Waals surface area contributed by atoms with E-state index in [1.54, 1.807) is 0 Å². The Bertz CT molecular complexity index is 558. The zero-order chi connectivity index (χ0) is 20.6. The highest BCUT2D eigenvalue weighted by molar-refractivity contribution is 6.57. The molecule has 0 bridgehead atoms. The summed E-state index contributed by atoms with van der Waals surface area (Å²) in [6.45, 7) is 28.1. The second kappa shape index (κ2) is 7.73. The van der Waals surface area contributed by atoms with Crippen molar-refractivity contribution >= 4 is 12.7 Å². The standard InChI is InChI=1S/C25H44B/c1-22(2,3)15-18-13-19(16-23(4,5)6)21(26-25(10,11)12)20(14-18)17-24(7,8)9/h13-14H,15-17H2,1-12H3. The van der Waals surface area contributed by atoms with Crippen LogP contribution < -0.4 is 5.46 Å². The van der Waals surface area contributed by atoms with E-state index in [0.717, 1.165) is 19.3 Å². The second-order valence-electron chi connectivity index (χ2n) is 13.1. The fourth-order valence-corrected chi connectivity index (χ4v) is 3.62. The third-order valence-corrected chi connectivity index (χ3v) is 4.16. The molecule has 1 rings (SSSR count). The van der Waals surface area contributed by atoms with Crippen LogP contribution in [0, 0.1) is 16.2 Å². The molecule has 0 atom stereocenters. The molecule has 0 heterocycles. The third-order valence-electron chi connectivity index (χ3n) is 4.16. The van der Waals surface area contributed by atoms with Crippen molar-refractivity contribution < 1.29 is 0 Å². The predicted molar refractivity (Wildman–Crippen MR) is 121 cm³/mol.